The van der Waals surface area contributed by atoms with Gasteiger partial charge in [0.05, 0.1) is 5.02 Å². The Hall–Kier alpha value is -3.00. The topological polar surface area (TPSA) is 43.4 Å². The maximum atomic E-state index is 13.7. The number of halogens is 5. The zero-order valence-corrected chi connectivity index (χ0v) is 16.7. The summed E-state index contributed by atoms with van der Waals surface area (Å²) in [6.45, 7) is 3.91. The van der Waals surface area contributed by atoms with E-state index in [9.17, 15) is 17.6 Å². The molecule has 0 spiro atoms. The van der Waals surface area contributed by atoms with Crippen LogP contribution in [0.5, 0.6) is 11.5 Å². The third-order valence-electron chi connectivity index (χ3n) is 4.07. The minimum atomic E-state index is -3.74. The Morgan fingerprint density at radius 2 is 1.63 bits per heavy atom. The lowest BCUT2D eigenvalue weighted by Gasteiger charge is -2.09. The molecule has 2 aromatic carbocycles. The number of alkyl halides is 2. The number of hydrogen-bond acceptors (Lipinski definition) is 4. The molecule has 1 N–H and O–H groups in total. The lowest BCUT2D eigenvalue weighted by molar-refractivity contribution is -0.286. The van der Waals surface area contributed by atoms with Crippen molar-refractivity contribution < 1.29 is 27.0 Å². The van der Waals surface area contributed by atoms with Crippen LogP contribution < -0.4 is 14.8 Å². The molecule has 0 aliphatic carbocycles. The van der Waals surface area contributed by atoms with Gasteiger partial charge < -0.3 is 14.8 Å². The molecule has 0 saturated carbocycles. The van der Waals surface area contributed by atoms with Crippen LogP contribution in [0.3, 0.4) is 0 Å². The largest absolute Gasteiger partial charge is 0.586 e. The molecule has 158 valence electrons. The summed E-state index contributed by atoms with van der Waals surface area (Å²) in [6, 6.07) is 9.39. The standard InChI is InChI=1S/C19H11ClF4N2O2.C2H6/c20-13-7-17-16(27-19(23,24)28-17)6-11(13)10-4-5-18(25-8-10)26-9-12-14(21)2-1-3-15(12)22;1-2/h1-8H,9H2,(H,25,26);1-2H3. The molecular weight excluding hydrogens is 424 g/mol. The summed E-state index contributed by atoms with van der Waals surface area (Å²) in [6.07, 6.45) is -2.29. The van der Waals surface area contributed by atoms with Crippen LogP contribution in [0, 0.1) is 11.6 Å². The molecule has 4 nitrogen and oxygen atoms in total. The number of benzene rings is 2. The third kappa shape index (κ3) is 4.59. The van der Waals surface area contributed by atoms with E-state index in [4.69, 9.17) is 11.6 Å². The van der Waals surface area contributed by atoms with Gasteiger partial charge in [-0.3, -0.25) is 0 Å². The number of anilines is 1. The van der Waals surface area contributed by atoms with Gasteiger partial charge in [0.25, 0.3) is 0 Å². The van der Waals surface area contributed by atoms with Crippen LogP contribution in [0.15, 0.2) is 48.7 Å². The number of fused-ring (bicyclic) bond motifs is 1. The highest BCUT2D eigenvalue weighted by atomic mass is 35.5. The number of nitrogens with one attached hydrogen (secondary N) is 1. The Morgan fingerprint density at radius 3 is 2.23 bits per heavy atom. The normalized spacial score (nSPS) is 13.4. The van der Waals surface area contributed by atoms with Crippen molar-refractivity contribution in [1.29, 1.82) is 0 Å². The minimum absolute atomic E-state index is 0.0925. The first kappa shape index (κ1) is 21.7. The van der Waals surface area contributed by atoms with Crippen LogP contribution in [0.2, 0.25) is 5.02 Å². The first-order chi connectivity index (χ1) is 14.3. The molecule has 0 bridgehead atoms. The van der Waals surface area contributed by atoms with Crippen LogP contribution in [0.25, 0.3) is 11.1 Å². The Labute approximate surface area is 175 Å². The quantitative estimate of drug-likeness (QED) is 0.462. The zero-order chi connectivity index (χ0) is 21.9. The van der Waals surface area contributed by atoms with Crippen molar-refractivity contribution in [2.24, 2.45) is 0 Å². The van der Waals surface area contributed by atoms with E-state index in [1.807, 2.05) is 13.8 Å². The second kappa shape index (κ2) is 8.79. The molecule has 1 aliphatic rings. The van der Waals surface area contributed by atoms with Gasteiger partial charge in [0.1, 0.15) is 17.5 Å². The van der Waals surface area contributed by atoms with Crippen molar-refractivity contribution in [1.82, 2.24) is 4.98 Å². The molecule has 0 atom stereocenters. The third-order valence-corrected chi connectivity index (χ3v) is 4.39. The summed E-state index contributed by atoms with van der Waals surface area (Å²) >= 11 is 6.14. The molecule has 0 fully saturated rings. The Kier molecular flexibility index (Phi) is 6.36. The fourth-order valence-electron chi connectivity index (χ4n) is 2.73. The van der Waals surface area contributed by atoms with E-state index in [0.717, 1.165) is 0 Å². The fraction of sp³-hybridized carbons (Fsp3) is 0.190. The maximum absolute atomic E-state index is 13.7. The predicted octanol–water partition coefficient (Wildman–Crippen LogP) is 6.64. The molecule has 0 saturated heterocycles. The average molecular weight is 441 g/mol. The number of rotatable bonds is 4. The van der Waals surface area contributed by atoms with E-state index >= 15 is 0 Å². The molecular formula is C21H17ClF4N2O2. The first-order valence-corrected chi connectivity index (χ1v) is 9.43. The van der Waals surface area contributed by atoms with E-state index in [-0.39, 0.29) is 28.6 Å². The molecule has 1 aromatic heterocycles. The SMILES string of the molecule is CC.Fc1cccc(F)c1CNc1ccc(-c2cc3c(cc2Cl)OC(F)(F)O3)cn1. The second-order valence-corrected chi connectivity index (χ2v) is 6.34. The monoisotopic (exact) mass is 440 g/mol. The lowest BCUT2D eigenvalue weighted by atomic mass is 10.1. The Morgan fingerprint density at radius 1 is 1.00 bits per heavy atom. The van der Waals surface area contributed by atoms with Gasteiger partial charge in [-0.1, -0.05) is 31.5 Å². The van der Waals surface area contributed by atoms with Crippen molar-refractivity contribution in [3.05, 3.63) is 70.9 Å². The zero-order valence-electron chi connectivity index (χ0n) is 16.0. The van der Waals surface area contributed by atoms with Crippen LogP contribution in [0.4, 0.5) is 23.4 Å². The van der Waals surface area contributed by atoms with E-state index < -0.39 is 17.9 Å². The molecule has 3 aromatic rings. The number of ether oxygens (including phenoxy) is 2. The fourth-order valence-corrected chi connectivity index (χ4v) is 2.99. The summed E-state index contributed by atoms with van der Waals surface area (Å²) < 4.78 is 62.4. The predicted molar refractivity (Wildman–Crippen MR) is 106 cm³/mol. The van der Waals surface area contributed by atoms with Crippen molar-refractivity contribution in [2.45, 2.75) is 26.7 Å². The molecule has 2 heterocycles. The number of aromatic nitrogens is 1. The Bertz CT molecular complexity index is 1030. The van der Waals surface area contributed by atoms with Gasteiger partial charge >= 0.3 is 6.29 Å². The molecule has 0 unspecified atom stereocenters. The van der Waals surface area contributed by atoms with Crippen LogP contribution >= 0.6 is 11.6 Å². The molecule has 30 heavy (non-hydrogen) atoms. The molecule has 9 heteroatoms. The Balaban J connectivity index is 0.00000124. The summed E-state index contributed by atoms with van der Waals surface area (Å²) in [4.78, 5) is 4.16. The van der Waals surface area contributed by atoms with Gasteiger partial charge in [-0.2, -0.15) is 0 Å². The van der Waals surface area contributed by atoms with Gasteiger partial charge in [-0.15, -0.1) is 8.78 Å². The van der Waals surface area contributed by atoms with E-state index in [1.54, 1.807) is 12.1 Å². The molecule has 4 rings (SSSR count). The number of pyridine rings is 1. The summed E-state index contributed by atoms with van der Waals surface area (Å²) in [7, 11) is 0. The molecule has 0 radical (unpaired) electrons. The number of nitrogens with zero attached hydrogens (tertiary/aromatic N) is 1. The van der Waals surface area contributed by atoms with E-state index in [1.165, 1.54) is 36.5 Å². The summed E-state index contributed by atoms with van der Waals surface area (Å²) in [5, 5.41) is 3.00. The molecule has 1 aliphatic heterocycles. The van der Waals surface area contributed by atoms with E-state index in [0.29, 0.717) is 16.9 Å². The van der Waals surface area contributed by atoms with Crippen molar-refractivity contribution in [3.8, 4) is 22.6 Å². The highest BCUT2D eigenvalue weighted by Crippen LogP contribution is 2.46. The average Bonchev–Trinajstić information content (AvgIpc) is 3.02. The second-order valence-electron chi connectivity index (χ2n) is 5.93. The smallest absolute Gasteiger partial charge is 0.395 e. The van der Waals surface area contributed by atoms with Crippen molar-refractivity contribution in [3.63, 3.8) is 0 Å². The van der Waals surface area contributed by atoms with Gasteiger partial charge in [0.2, 0.25) is 0 Å². The van der Waals surface area contributed by atoms with Crippen molar-refractivity contribution >= 4 is 17.4 Å². The first-order valence-electron chi connectivity index (χ1n) is 9.05. The highest BCUT2D eigenvalue weighted by molar-refractivity contribution is 6.33. The lowest BCUT2D eigenvalue weighted by Crippen LogP contribution is -2.25. The van der Waals surface area contributed by atoms with Crippen molar-refractivity contribution in [2.75, 3.05) is 5.32 Å². The summed E-state index contributed by atoms with van der Waals surface area (Å²) in [5.74, 6) is -1.24. The van der Waals surface area contributed by atoms with Gasteiger partial charge in [0.15, 0.2) is 11.5 Å². The highest BCUT2D eigenvalue weighted by Gasteiger charge is 2.43. The van der Waals surface area contributed by atoms with Crippen LogP contribution in [-0.2, 0) is 6.54 Å². The van der Waals surface area contributed by atoms with E-state index in [2.05, 4.69) is 19.8 Å². The summed E-state index contributed by atoms with van der Waals surface area (Å²) in [5.41, 5.74) is 0.850. The number of hydrogen-bond donors (Lipinski definition) is 1. The molecule has 0 amide bonds. The maximum Gasteiger partial charge on any atom is 0.586 e. The van der Waals surface area contributed by atoms with Crippen LogP contribution in [-0.4, -0.2) is 11.3 Å². The van der Waals surface area contributed by atoms with Gasteiger partial charge in [-0.05, 0) is 30.3 Å². The van der Waals surface area contributed by atoms with Crippen LogP contribution in [0.1, 0.15) is 19.4 Å². The minimum Gasteiger partial charge on any atom is -0.395 e. The van der Waals surface area contributed by atoms with Gasteiger partial charge in [0, 0.05) is 35.5 Å². The van der Waals surface area contributed by atoms with Gasteiger partial charge in [-0.25, -0.2) is 13.8 Å².